The third kappa shape index (κ3) is 4.08. The minimum atomic E-state index is -1.55. The number of hydrogen-bond acceptors (Lipinski definition) is 7. The average Bonchev–Trinajstić information content (AvgIpc) is 3.53. The molecule has 11 heteroatoms. The second-order valence-electron chi connectivity index (χ2n) is 10.8. The Morgan fingerprint density at radius 1 is 1.10 bits per heavy atom. The van der Waals surface area contributed by atoms with Crippen molar-refractivity contribution < 1.29 is 18.7 Å². The van der Waals surface area contributed by atoms with Crippen LogP contribution in [0.4, 0.5) is 16.0 Å². The van der Waals surface area contributed by atoms with E-state index in [1.165, 1.54) is 12.3 Å². The van der Waals surface area contributed by atoms with Crippen LogP contribution in [-0.2, 0) is 15.2 Å². The lowest BCUT2D eigenvalue weighted by Gasteiger charge is -2.34. The molecule has 6 heterocycles. The molecule has 10 nitrogen and oxygen atoms in total. The van der Waals surface area contributed by atoms with Gasteiger partial charge in [0.1, 0.15) is 28.7 Å². The molecule has 2 amide bonds. The number of pyridine rings is 1. The molecule has 0 bridgehead atoms. The third-order valence-corrected chi connectivity index (χ3v) is 8.29. The van der Waals surface area contributed by atoms with Crippen LogP contribution in [0.5, 0.6) is 0 Å². The first-order chi connectivity index (χ1) is 19.4. The molecule has 40 heavy (non-hydrogen) atoms. The first-order valence-electron chi connectivity index (χ1n) is 13.5. The minimum Gasteiger partial charge on any atom is -0.382 e. The Hall–Kier alpha value is -4.38. The zero-order valence-electron chi connectivity index (χ0n) is 21.7. The van der Waals surface area contributed by atoms with Gasteiger partial charge in [-0.2, -0.15) is 0 Å². The molecule has 3 saturated heterocycles. The molecule has 204 valence electrons. The zero-order valence-corrected chi connectivity index (χ0v) is 21.7. The van der Waals surface area contributed by atoms with E-state index in [0.29, 0.717) is 47.2 Å². The molecule has 3 aromatic heterocycles. The summed E-state index contributed by atoms with van der Waals surface area (Å²) in [4.78, 5) is 40.8. The number of halogens is 1. The van der Waals surface area contributed by atoms with E-state index in [4.69, 9.17) is 15.5 Å². The maximum Gasteiger partial charge on any atom is 0.256 e. The Bertz CT molecular complexity index is 1630. The summed E-state index contributed by atoms with van der Waals surface area (Å²) in [5, 5.41) is 2.75. The minimum absolute atomic E-state index is 0.00597. The van der Waals surface area contributed by atoms with E-state index in [0.717, 1.165) is 30.7 Å². The maximum absolute atomic E-state index is 14.7. The summed E-state index contributed by atoms with van der Waals surface area (Å²) < 4.78 is 21.7. The molecule has 0 spiro atoms. The highest BCUT2D eigenvalue weighted by molar-refractivity contribution is 6.04. The van der Waals surface area contributed by atoms with E-state index in [-0.39, 0.29) is 36.8 Å². The number of carbonyl (C=O) groups is 2. The number of nitrogens with zero attached hydrogens (tertiary/aromatic N) is 5. The van der Waals surface area contributed by atoms with Gasteiger partial charge in [0.25, 0.3) is 5.91 Å². The first-order valence-corrected chi connectivity index (χ1v) is 13.5. The van der Waals surface area contributed by atoms with Crippen molar-refractivity contribution in [2.45, 2.75) is 43.3 Å². The highest BCUT2D eigenvalue weighted by atomic mass is 19.1. The Balaban J connectivity index is 1.15. The first kappa shape index (κ1) is 24.6. The van der Waals surface area contributed by atoms with Crippen molar-refractivity contribution in [3.8, 4) is 11.3 Å². The van der Waals surface area contributed by atoms with Gasteiger partial charge in [0, 0.05) is 54.6 Å². The Kier molecular flexibility index (Phi) is 5.77. The number of aromatic nitrogens is 4. The summed E-state index contributed by atoms with van der Waals surface area (Å²) >= 11 is 0. The summed E-state index contributed by atoms with van der Waals surface area (Å²) in [7, 11) is 0. The van der Waals surface area contributed by atoms with E-state index in [1.807, 2.05) is 27.6 Å². The quantitative estimate of drug-likeness (QED) is 0.394. The van der Waals surface area contributed by atoms with E-state index in [1.54, 1.807) is 24.4 Å². The van der Waals surface area contributed by atoms with Crippen LogP contribution in [0.3, 0.4) is 0 Å². The predicted molar refractivity (Wildman–Crippen MR) is 145 cm³/mol. The number of nitrogens with two attached hydrogens (primary N) is 1. The van der Waals surface area contributed by atoms with Gasteiger partial charge in [0.05, 0.1) is 13.2 Å². The van der Waals surface area contributed by atoms with E-state index >= 15 is 0 Å². The molecule has 3 N–H and O–H groups in total. The van der Waals surface area contributed by atoms with Crippen molar-refractivity contribution in [1.29, 1.82) is 0 Å². The SMILES string of the molecule is Nc1nccn2c(C3CCC4CCC(=O)N4C3)nc(-c3ccc(C(=O)Nc4cc(C5(F)COC5)ccn4)cc3)c12. The molecule has 3 aliphatic heterocycles. The van der Waals surface area contributed by atoms with Crippen molar-refractivity contribution in [2.75, 3.05) is 30.8 Å². The van der Waals surface area contributed by atoms with E-state index < -0.39 is 5.67 Å². The van der Waals surface area contributed by atoms with Crippen LogP contribution in [-0.4, -0.2) is 61.9 Å². The number of rotatable bonds is 5. The van der Waals surface area contributed by atoms with Gasteiger partial charge in [-0.1, -0.05) is 12.1 Å². The molecule has 4 aromatic rings. The molecule has 0 saturated carbocycles. The van der Waals surface area contributed by atoms with Crippen molar-refractivity contribution in [3.63, 3.8) is 0 Å². The molecular formula is C29H28FN7O3. The number of piperidine rings is 1. The summed E-state index contributed by atoms with van der Waals surface area (Å²) in [6.45, 7) is 0.636. The number of imidazole rings is 1. The van der Waals surface area contributed by atoms with Gasteiger partial charge in [-0.05, 0) is 49.1 Å². The number of nitrogen functional groups attached to an aromatic ring is 1. The van der Waals surface area contributed by atoms with Crippen LogP contribution in [0.15, 0.2) is 55.0 Å². The standard InChI is InChI=1S/C29H28FN7O3/c30-29(15-40-16-29)20-9-10-32-22(13-20)34-28(39)18-3-1-17(2-4-18)24-25-26(31)33-11-12-36(25)27(35-24)19-5-6-21-7-8-23(38)37(21)14-19/h1-4,9-13,19,21H,5-8,14-16H2,(H2,31,33)(H,32,34,39). The summed E-state index contributed by atoms with van der Waals surface area (Å²) in [6, 6.07) is 10.5. The van der Waals surface area contributed by atoms with Gasteiger partial charge in [-0.3, -0.25) is 14.0 Å². The highest BCUT2D eigenvalue weighted by Crippen LogP contribution is 2.38. The third-order valence-electron chi connectivity index (χ3n) is 8.29. The van der Waals surface area contributed by atoms with Crippen LogP contribution >= 0.6 is 0 Å². The fraction of sp³-hybridized carbons (Fsp3) is 0.345. The number of anilines is 2. The lowest BCUT2D eigenvalue weighted by molar-refractivity contribution is -0.135. The van der Waals surface area contributed by atoms with Gasteiger partial charge >= 0.3 is 0 Å². The number of alkyl halides is 1. The van der Waals surface area contributed by atoms with Crippen LogP contribution < -0.4 is 11.1 Å². The number of benzene rings is 1. The zero-order chi connectivity index (χ0) is 27.4. The molecular weight excluding hydrogens is 513 g/mol. The number of fused-ring (bicyclic) bond motifs is 2. The van der Waals surface area contributed by atoms with Gasteiger partial charge in [-0.25, -0.2) is 19.3 Å². The predicted octanol–water partition coefficient (Wildman–Crippen LogP) is 3.69. The topological polar surface area (TPSA) is 128 Å². The number of amides is 2. The highest BCUT2D eigenvalue weighted by Gasteiger charge is 2.41. The molecule has 0 radical (unpaired) electrons. The maximum atomic E-state index is 14.7. The fourth-order valence-electron chi connectivity index (χ4n) is 6.05. The van der Waals surface area contributed by atoms with Gasteiger partial charge in [0.15, 0.2) is 5.67 Å². The molecule has 0 aliphatic carbocycles. The smallest absolute Gasteiger partial charge is 0.256 e. The van der Waals surface area contributed by atoms with Crippen molar-refractivity contribution in [3.05, 3.63) is 71.9 Å². The number of hydrogen-bond donors (Lipinski definition) is 2. The van der Waals surface area contributed by atoms with Crippen LogP contribution in [0.1, 0.15) is 53.3 Å². The average molecular weight is 542 g/mol. The molecule has 7 rings (SSSR count). The Morgan fingerprint density at radius 3 is 2.70 bits per heavy atom. The lowest BCUT2D eigenvalue weighted by atomic mass is 9.92. The van der Waals surface area contributed by atoms with Crippen LogP contribution in [0.2, 0.25) is 0 Å². The fourth-order valence-corrected chi connectivity index (χ4v) is 6.05. The molecule has 2 unspecified atom stereocenters. The van der Waals surface area contributed by atoms with Crippen molar-refractivity contribution in [2.24, 2.45) is 0 Å². The van der Waals surface area contributed by atoms with Crippen molar-refractivity contribution in [1.82, 2.24) is 24.3 Å². The van der Waals surface area contributed by atoms with Gasteiger partial charge < -0.3 is 20.7 Å². The summed E-state index contributed by atoms with van der Waals surface area (Å²) in [6.07, 6.45) is 8.44. The Labute approximate surface area is 229 Å². The largest absolute Gasteiger partial charge is 0.382 e. The lowest BCUT2D eigenvalue weighted by Crippen LogP contribution is -2.42. The van der Waals surface area contributed by atoms with E-state index in [9.17, 15) is 14.0 Å². The van der Waals surface area contributed by atoms with Gasteiger partial charge in [-0.15, -0.1) is 0 Å². The monoisotopic (exact) mass is 541 g/mol. The molecule has 3 fully saturated rings. The van der Waals surface area contributed by atoms with Crippen molar-refractivity contribution >= 4 is 29.0 Å². The molecule has 3 aliphatic rings. The molecule has 2 atom stereocenters. The number of nitrogens with one attached hydrogen (secondary N) is 1. The van der Waals surface area contributed by atoms with Crippen LogP contribution in [0.25, 0.3) is 16.8 Å². The molecule has 1 aromatic carbocycles. The second-order valence-corrected chi connectivity index (χ2v) is 10.8. The van der Waals surface area contributed by atoms with E-state index in [2.05, 4.69) is 15.3 Å². The van der Waals surface area contributed by atoms with Gasteiger partial charge in [0.2, 0.25) is 5.91 Å². The summed E-state index contributed by atoms with van der Waals surface area (Å²) in [5.74, 6) is 1.42. The summed E-state index contributed by atoms with van der Waals surface area (Å²) in [5.41, 5.74) is 7.78. The Morgan fingerprint density at radius 2 is 1.93 bits per heavy atom. The number of carbonyl (C=O) groups excluding carboxylic acids is 2. The van der Waals surface area contributed by atoms with Crippen LogP contribution in [0, 0.1) is 0 Å². The number of ether oxygens (including phenoxy) is 1. The normalized spacial score (nSPS) is 21.7. The second kappa shape index (κ2) is 9.37.